The van der Waals surface area contributed by atoms with Crippen LogP contribution in [0.15, 0.2) is 65.1 Å². The fraction of sp³-hybridized carbons (Fsp3) is 0.280. The minimum absolute atomic E-state index is 0.0148. The number of benzene rings is 2. The van der Waals surface area contributed by atoms with Crippen molar-refractivity contribution in [2.45, 2.75) is 19.8 Å². The molecule has 4 rings (SSSR count). The van der Waals surface area contributed by atoms with Gasteiger partial charge in [0.1, 0.15) is 11.6 Å². The van der Waals surface area contributed by atoms with Crippen LogP contribution in [-0.2, 0) is 0 Å². The van der Waals surface area contributed by atoms with Crippen LogP contribution >= 0.6 is 0 Å². The van der Waals surface area contributed by atoms with Gasteiger partial charge in [0.05, 0.1) is 0 Å². The fourth-order valence-electron chi connectivity index (χ4n) is 3.68. The van der Waals surface area contributed by atoms with E-state index in [-0.39, 0.29) is 23.4 Å². The zero-order valence-electron chi connectivity index (χ0n) is 17.7. The normalized spacial score (nSPS) is 14.2. The van der Waals surface area contributed by atoms with Crippen LogP contribution < -0.4 is 0 Å². The quantitative estimate of drug-likeness (QED) is 0.609. The predicted octanol–water partition coefficient (Wildman–Crippen LogP) is 4.81. The van der Waals surface area contributed by atoms with Crippen molar-refractivity contribution in [2.24, 2.45) is 0 Å². The molecule has 1 aliphatic rings. The van der Waals surface area contributed by atoms with Gasteiger partial charge in [0, 0.05) is 37.3 Å². The maximum Gasteiger partial charge on any atom is 0.289 e. The van der Waals surface area contributed by atoms with Crippen molar-refractivity contribution >= 4 is 11.8 Å². The largest absolute Gasteiger partial charge is 0.451 e. The Balaban J connectivity index is 1.36. The maximum atomic E-state index is 13.1. The van der Waals surface area contributed by atoms with Crippen LogP contribution in [0.3, 0.4) is 0 Å². The van der Waals surface area contributed by atoms with Gasteiger partial charge >= 0.3 is 0 Å². The highest BCUT2D eigenvalue weighted by molar-refractivity contribution is 5.95. The molecule has 0 unspecified atom stereocenters. The van der Waals surface area contributed by atoms with Gasteiger partial charge in [-0.1, -0.05) is 26.0 Å². The number of hydrogen-bond donors (Lipinski definition) is 0. The lowest BCUT2D eigenvalue weighted by atomic mass is 10.0. The number of nitrogens with zero attached hydrogens (tertiary/aromatic N) is 2. The molecule has 6 heteroatoms. The standard InChI is InChI=1S/C25H25FN2O3/c1-17(2)18-3-5-20(6-4-18)24(29)27-13-15-28(16-14-27)25(30)23-12-11-22(31-23)19-7-9-21(26)10-8-19/h3-12,17H,13-16H2,1-2H3. The molecule has 0 spiro atoms. The van der Waals surface area contributed by atoms with Gasteiger partial charge in [0.25, 0.3) is 11.8 Å². The van der Waals surface area contributed by atoms with E-state index in [1.54, 1.807) is 34.1 Å². The molecule has 0 radical (unpaired) electrons. The van der Waals surface area contributed by atoms with E-state index in [0.717, 1.165) is 0 Å². The Labute approximate surface area is 181 Å². The van der Waals surface area contributed by atoms with Crippen LogP contribution in [0, 0.1) is 5.82 Å². The van der Waals surface area contributed by atoms with E-state index >= 15 is 0 Å². The van der Waals surface area contributed by atoms with E-state index in [0.29, 0.717) is 49.0 Å². The third-order valence-corrected chi connectivity index (χ3v) is 5.62. The Morgan fingerprint density at radius 1 is 0.806 bits per heavy atom. The summed E-state index contributed by atoms with van der Waals surface area (Å²) in [7, 11) is 0. The third kappa shape index (κ3) is 4.53. The van der Waals surface area contributed by atoms with E-state index in [4.69, 9.17) is 4.42 Å². The highest BCUT2D eigenvalue weighted by Crippen LogP contribution is 2.24. The van der Waals surface area contributed by atoms with Crippen molar-refractivity contribution in [3.05, 3.63) is 83.4 Å². The first-order valence-corrected chi connectivity index (χ1v) is 10.5. The molecule has 1 fully saturated rings. The summed E-state index contributed by atoms with van der Waals surface area (Å²) in [5.41, 5.74) is 2.57. The summed E-state index contributed by atoms with van der Waals surface area (Å²) in [5.74, 6) is 0.630. The summed E-state index contributed by atoms with van der Waals surface area (Å²) in [5, 5.41) is 0. The third-order valence-electron chi connectivity index (χ3n) is 5.62. The Morgan fingerprint density at radius 2 is 1.39 bits per heavy atom. The molecule has 2 aromatic carbocycles. The van der Waals surface area contributed by atoms with Crippen LogP contribution in [0.5, 0.6) is 0 Å². The smallest absolute Gasteiger partial charge is 0.289 e. The Hall–Kier alpha value is -3.41. The zero-order chi connectivity index (χ0) is 22.0. The molecule has 1 saturated heterocycles. The Morgan fingerprint density at radius 3 is 1.97 bits per heavy atom. The molecular formula is C25H25FN2O3. The number of halogens is 1. The van der Waals surface area contributed by atoms with Gasteiger partial charge in [-0.2, -0.15) is 0 Å². The minimum atomic E-state index is -0.324. The SMILES string of the molecule is CC(C)c1ccc(C(=O)N2CCN(C(=O)c3ccc(-c4ccc(F)cc4)o3)CC2)cc1. The van der Waals surface area contributed by atoms with Gasteiger partial charge in [-0.05, 0) is 60.0 Å². The Kier molecular flexibility index (Phi) is 5.89. The van der Waals surface area contributed by atoms with E-state index in [1.807, 2.05) is 24.3 Å². The zero-order valence-corrected chi connectivity index (χ0v) is 17.7. The highest BCUT2D eigenvalue weighted by atomic mass is 19.1. The van der Waals surface area contributed by atoms with E-state index < -0.39 is 0 Å². The molecule has 3 aromatic rings. The van der Waals surface area contributed by atoms with Crippen molar-refractivity contribution in [3.8, 4) is 11.3 Å². The molecule has 2 amide bonds. The summed E-state index contributed by atoms with van der Waals surface area (Å²) in [4.78, 5) is 29.1. The van der Waals surface area contributed by atoms with Crippen molar-refractivity contribution < 1.29 is 18.4 Å². The second-order valence-corrected chi connectivity index (χ2v) is 8.03. The molecule has 5 nitrogen and oxygen atoms in total. The van der Waals surface area contributed by atoms with Gasteiger partial charge in [-0.25, -0.2) is 4.39 Å². The van der Waals surface area contributed by atoms with Crippen LogP contribution in [0.1, 0.15) is 46.2 Å². The number of piperazine rings is 1. The topological polar surface area (TPSA) is 53.8 Å². The average molecular weight is 420 g/mol. The van der Waals surface area contributed by atoms with Crippen molar-refractivity contribution in [2.75, 3.05) is 26.2 Å². The Bertz CT molecular complexity index is 1060. The van der Waals surface area contributed by atoms with E-state index in [2.05, 4.69) is 13.8 Å². The molecule has 160 valence electrons. The molecule has 2 heterocycles. The van der Waals surface area contributed by atoms with Crippen molar-refractivity contribution in [3.63, 3.8) is 0 Å². The summed E-state index contributed by atoms with van der Waals surface area (Å²) in [6, 6.07) is 17.0. The number of furan rings is 1. The first kappa shape index (κ1) is 20.8. The lowest BCUT2D eigenvalue weighted by Gasteiger charge is -2.34. The fourth-order valence-corrected chi connectivity index (χ4v) is 3.68. The maximum absolute atomic E-state index is 13.1. The lowest BCUT2D eigenvalue weighted by molar-refractivity contribution is 0.0518. The monoisotopic (exact) mass is 420 g/mol. The molecule has 31 heavy (non-hydrogen) atoms. The first-order valence-electron chi connectivity index (χ1n) is 10.5. The molecule has 0 aliphatic carbocycles. The lowest BCUT2D eigenvalue weighted by Crippen LogP contribution is -2.50. The molecule has 0 bridgehead atoms. The number of carbonyl (C=O) groups excluding carboxylic acids is 2. The summed E-state index contributed by atoms with van der Waals surface area (Å²) in [6.07, 6.45) is 0. The van der Waals surface area contributed by atoms with E-state index in [1.165, 1.54) is 17.7 Å². The second-order valence-electron chi connectivity index (χ2n) is 8.03. The van der Waals surface area contributed by atoms with Crippen LogP contribution in [-0.4, -0.2) is 47.8 Å². The van der Waals surface area contributed by atoms with Crippen molar-refractivity contribution in [1.29, 1.82) is 0 Å². The molecule has 0 atom stereocenters. The number of rotatable bonds is 4. The molecule has 1 aromatic heterocycles. The van der Waals surface area contributed by atoms with E-state index in [9.17, 15) is 14.0 Å². The summed E-state index contributed by atoms with van der Waals surface area (Å²) in [6.45, 7) is 6.08. The summed E-state index contributed by atoms with van der Waals surface area (Å²) >= 11 is 0. The van der Waals surface area contributed by atoms with Gasteiger partial charge in [0.15, 0.2) is 5.76 Å². The number of amides is 2. The summed E-state index contributed by atoms with van der Waals surface area (Å²) < 4.78 is 18.8. The molecule has 1 aliphatic heterocycles. The molecule has 0 saturated carbocycles. The van der Waals surface area contributed by atoms with Gasteiger partial charge in [-0.15, -0.1) is 0 Å². The first-order chi connectivity index (χ1) is 14.9. The number of carbonyl (C=O) groups is 2. The van der Waals surface area contributed by atoms with Crippen molar-refractivity contribution in [1.82, 2.24) is 9.80 Å². The number of hydrogen-bond acceptors (Lipinski definition) is 3. The highest BCUT2D eigenvalue weighted by Gasteiger charge is 2.27. The minimum Gasteiger partial charge on any atom is -0.451 e. The van der Waals surface area contributed by atoms with Gasteiger partial charge in [-0.3, -0.25) is 9.59 Å². The van der Waals surface area contributed by atoms with Crippen LogP contribution in [0.25, 0.3) is 11.3 Å². The van der Waals surface area contributed by atoms with Gasteiger partial charge < -0.3 is 14.2 Å². The van der Waals surface area contributed by atoms with Crippen LogP contribution in [0.2, 0.25) is 0 Å². The predicted molar refractivity (Wildman–Crippen MR) is 116 cm³/mol. The average Bonchev–Trinajstić information content (AvgIpc) is 3.29. The molecule has 0 N–H and O–H groups in total. The van der Waals surface area contributed by atoms with Gasteiger partial charge in [0.2, 0.25) is 0 Å². The second kappa shape index (κ2) is 8.76. The van der Waals surface area contributed by atoms with Crippen LogP contribution in [0.4, 0.5) is 4.39 Å². The molecular weight excluding hydrogens is 395 g/mol.